The maximum atomic E-state index is 9.52. The van der Waals surface area contributed by atoms with E-state index in [1.54, 1.807) is 0 Å². The van der Waals surface area contributed by atoms with E-state index in [0.29, 0.717) is 5.56 Å². The number of hydrogen-bond donors (Lipinski definition) is 1. The van der Waals surface area contributed by atoms with Crippen LogP contribution in [0.1, 0.15) is 18.1 Å². The van der Waals surface area contributed by atoms with Crippen LogP contribution in [-0.2, 0) is 4.74 Å². The van der Waals surface area contributed by atoms with E-state index in [-0.39, 0.29) is 12.5 Å². The number of aliphatic hydroxyl groups is 1. The molecule has 3 nitrogen and oxygen atoms in total. The van der Waals surface area contributed by atoms with E-state index in [2.05, 4.69) is 26.6 Å². The number of hydrogen-bond acceptors (Lipinski definition) is 3. The van der Waals surface area contributed by atoms with Crippen LogP contribution in [0.25, 0.3) is 10.8 Å². The molecule has 0 fully saturated rings. The zero-order valence-corrected chi connectivity index (χ0v) is 15.2. The Morgan fingerprint density at radius 3 is 2.55 bits per heavy atom. The Hall–Kier alpha value is -1.07. The number of halogens is 1. The quantitative estimate of drug-likeness (QED) is 0.472. The first-order valence-electron chi connectivity index (χ1n) is 7.38. The molecule has 2 rings (SSSR count). The van der Waals surface area contributed by atoms with Gasteiger partial charge in [-0.15, -0.1) is 0 Å². The van der Waals surface area contributed by atoms with Crippen LogP contribution in [0, 0.1) is 0 Å². The molecule has 0 aliphatic carbocycles. The molecule has 0 amide bonds. The highest BCUT2D eigenvalue weighted by Gasteiger charge is 2.23. The molecule has 0 aromatic heterocycles. The van der Waals surface area contributed by atoms with Gasteiger partial charge in [0.2, 0.25) is 0 Å². The number of rotatable bonds is 6. The van der Waals surface area contributed by atoms with Gasteiger partial charge < -0.3 is 14.6 Å². The van der Waals surface area contributed by atoms with Crippen LogP contribution in [0.2, 0.25) is 19.6 Å². The Bertz CT molecular complexity index is 637. The van der Waals surface area contributed by atoms with Gasteiger partial charge in [0.25, 0.3) is 0 Å². The number of ether oxygens (including phenoxy) is 2. The minimum absolute atomic E-state index is 0.220. The van der Waals surface area contributed by atoms with Crippen molar-refractivity contribution in [2.45, 2.75) is 37.9 Å². The van der Waals surface area contributed by atoms with Crippen LogP contribution in [0.15, 0.2) is 36.4 Å². The SMILES string of the molecule is CC(OCOc1cccc2ccc(C(O)Cl)cc12)[Si](C)(C)C. The first-order chi connectivity index (χ1) is 10.3. The molecule has 0 aliphatic rings. The van der Waals surface area contributed by atoms with Crippen LogP contribution in [0.3, 0.4) is 0 Å². The molecule has 2 atom stereocenters. The molecule has 0 spiro atoms. The smallest absolute Gasteiger partial charge is 0.189 e. The van der Waals surface area contributed by atoms with Crippen LogP contribution >= 0.6 is 11.6 Å². The van der Waals surface area contributed by atoms with Crippen LogP contribution < -0.4 is 4.74 Å². The summed E-state index contributed by atoms with van der Waals surface area (Å²) in [6.07, 6.45) is 0. The molecule has 22 heavy (non-hydrogen) atoms. The van der Waals surface area contributed by atoms with Gasteiger partial charge in [0.1, 0.15) is 5.75 Å². The highest BCUT2D eigenvalue weighted by molar-refractivity contribution is 6.77. The second-order valence-corrected chi connectivity index (χ2v) is 12.5. The first kappa shape index (κ1) is 17.3. The van der Waals surface area contributed by atoms with Crippen LogP contribution in [0.4, 0.5) is 0 Å². The van der Waals surface area contributed by atoms with Crippen molar-refractivity contribution in [3.05, 3.63) is 42.0 Å². The Morgan fingerprint density at radius 1 is 1.18 bits per heavy atom. The summed E-state index contributed by atoms with van der Waals surface area (Å²) in [6, 6.07) is 11.4. The molecule has 2 aromatic rings. The molecule has 120 valence electrons. The Kier molecular flexibility index (Phi) is 5.50. The average Bonchev–Trinajstić information content (AvgIpc) is 2.45. The van der Waals surface area contributed by atoms with Crippen LogP contribution in [-0.4, -0.2) is 25.7 Å². The van der Waals surface area contributed by atoms with Gasteiger partial charge in [0.05, 0.1) is 8.07 Å². The van der Waals surface area contributed by atoms with Crippen molar-refractivity contribution in [2.75, 3.05) is 6.79 Å². The van der Waals surface area contributed by atoms with E-state index in [9.17, 15) is 5.11 Å². The molecular weight excluding hydrogens is 316 g/mol. The fraction of sp³-hybridized carbons (Fsp3) is 0.412. The van der Waals surface area contributed by atoms with Gasteiger partial charge in [-0.25, -0.2) is 0 Å². The lowest BCUT2D eigenvalue weighted by atomic mass is 10.1. The Balaban J connectivity index is 2.15. The van der Waals surface area contributed by atoms with Gasteiger partial charge in [-0.1, -0.05) is 55.5 Å². The van der Waals surface area contributed by atoms with Crippen molar-refractivity contribution >= 4 is 30.4 Å². The highest BCUT2D eigenvalue weighted by Crippen LogP contribution is 2.29. The fourth-order valence-electron chi connectivity index (χ4n) is 1.99. The summed E-state index contributed by atoms with van der Waals surface area (Å²) >= 11 is 5.75. The summed E-state index contributed by atoms with van der Waals surface area (Å²) in [7, 11) is -1.33. The zero-order chi connectivity index (χ0) is 16.3. The summed E-state index contributed by atoms with van der Waals surface area (Å²) in [5.74, 6) is 0.736. The van der Waals surface area contributed by atoms with Crippen molar-refractivity contribution in [1.29, 1.82) is 0 Å². The van der Waals surface area contributed by atoms with E-state index >= 15 is 0 Å². The molecule has 0 radical (unpaired) electrons. The van der Waals surface area contributed by atoms with Gasteiger partial charge in [0, 0.05) is 11.1 Å². The second-order valence-electron chi connectivity index (χ2n) is 6.51. The minimum Gasteiger partial charge on any atom is -0.467 e. The maximum absolute atomic E-state index is 9.52. The summed E-state index contributed by atoms with van der Waals surface area (Å²) < 4.78 is 11.6. The van der Waals surface area contributed by atoms with Gasteiger partial charge >= 0.3 is 0 Å². The standard InChI is InChI=1S/C17H23ClO3Si/c1-12(22(2,3)4)20-11-21-16-7-5-6-13-8-9-14(17(18)19)10-15(13)16/h5-10,12,17,19H,11H2,1-4H3. The van der Waals surface area contributed by atoms with E-state index in [1.807, 2.05) is 36.4 Å². The number of alkyl halides is 1. The predicted molar refractivity (Wildman–Crippen MR) is 94.1 cm³/mol. The topological polar surface area (TPSA) is 38.7 Å². The number of aliphatic hydroxyl groups excluding tert-OH is 1. The van der Waals surface area contributed by atoms with Crippen LogP contribution in [0.5, 0.6) is 5.75 Å². The zero-order valence-electron chi connectivity index (χ0n) is 13.5. The Morgan fingerprint density at radius 2 is 1.91 bits per heavy atom. The van der Waals surface area contributed by atoms with Crippen molar-refractivity contribution in [3.8, 4) is 5.75 Å². The molecular formula is C17H23ClO3Si. The third-order valence-corrected chi connectivity index (χ3v) is 6.75. The first-order valence-corrected chi connectivity index (χ1v) is 11.4. The summed E-state index contributed by atoms with van der Waals surface area (Å²) in [4.78, 5) is 0. The van der Waals surface area contributed by atoms with Crippen molar-refractivity contribution in [1.82, 2.24) is 0 Å². The van der Waals surface area contributed by atoms with Gasteiger partial charge in [-0.2, -0.15) is 0 Å². The second kappa shape index (κ2) is 7.00. The van der Waals surface area contributed by atoms with Crippen molar-refractivity contribution in [3.63, 3.8) is 0 Å². The molecule has 0 saturated heterocycles. The summed E-state index contributed by atoms with van der Waals surface area (Å²) in [5.41, 5.74) is -0.134. The largest absolute Gasteiger partial charge is 0.467 e. The van der Waals surface area contributed by atoms with E-state index < -0.39 is 13.6 Å². The molecule has 1 N–H and O–H groups in total. The average molecular weight is 339 g/mol. The third-order valence-electron chi connectivity index (χ3n) is 3.89. The van der Waals surface area contributed by atoms with Gasteiger partial charge in [0.15, 0.2) is 12.4 Å². The Labute approximate surface area is 137 Å². The number of fused-ring (bicyclic) bond motifs is 1. The molecule has 0 heterocycles. The predicted octanol–water partition coefficient (Wildman–Crippen LogP) is 4.69. The van der Waals surface area contributed by atoms with E-state index in [1.165, 1.54) is 0 Å². The summed E-state index contributed by atoms with van der Waals surface area (Å²) in [5, 5.41) is 11.5. The summed E-state index contributed by atoms with van der Waals surface area (Å²) in [6.45, 7) is 9.12. The molecule has 2 aromatic carbocycles. The van der Waals surface area contributed by atoms with Crippen molar-refractivity contribution < 1.29 is 14.6 Å². The monoisotopic (exact) mass is 338 g/mol. The lowest BCUT2D eigenvalue weighted by Crippen LogP contribution is -2.38. The van der Waals surface area contributed by atoms with Crippen molar-refractivity contribution in [2.24, 2.45) is 0 Å². The maximum Gasteiger partial charge on any atom is 0.189 e. The fourth-order valence-corrected chi connectivity index (χ4v) is 2.69. The minimum atomic E-state index is -1.33. The molecule has 2 unspecified atom stereocenters. The number of benzene rings is 2. The van der Waals surface area contributed by atoms with E-state index in [0.717, 1.165) is 16.5 Å². The molecule has 0 saturated carbocycles. The molecule has 0 aliphatic heterocycles. The lowest BCUT2D eigenvalue weighted by molar-refractivity contribution is 0.00111. The van der Waals surface area contributed by atoms with E-state index in [4.69, 9.17) is 21.1 Å². The molecule has 0 bridgehead atoms. The third kappa shape index (κ3) is 4.23. The normalized spacial score (nSPS) is 14.8. The lowest BCUT2D eigenvalue weighted by Gasteiger charge is -2.25. The van der Waals surface area contributed by atoms with Gasteiger partial charge in [-0.3, -0.25) is 0 Å². The highest BCUT2D eigenvalue weighted by atomic mass is 35.5. The van der Waals surface area contributed by atoms with Gasteiger partial charge in [-0.05, 0) is 30.0 Å². The molecule has 5 heteroatoms.